The van der Waals surface area contributed by atoms with Crippen LogP contribution in [0, 0.1) is 0 Å². The van der Waals surface area contributed by atoms with Gasteiger partial charge in [0, 0.05) is 12.2 Å². The Kier molecular flexibility index (Phi) is 7.72. The molecule has 1 aromatic carbocycles. The Balaban J connectivity index is 2.77. The lowest BCUT2D eigenvalue weighted by Gasteiger charge is -2.08. The van der Waals surface area contributed by atoms with Crippen molar-refractivity contribution < 1.29 is 32.3 Å². The van der Waals surface area contributed by atoms with Crippen LogP contribution >= 0.6 is 0 Å². The van der Waals surface area contributed by atoms with Gasteiger partial charge >= 0.3 is 23.7 Å². The monoisotopic (exact) mass is 385 g/mol. The van der Waals surface area contributed by atoms with Gasteiger partial charge in [-0.1, -0.05) is 6.92 Å². The molecule has 3 amide bonds. The third kappa shape index (κ3) is 6.16. The zero-order valence-corrected chi connectivity index (χ0v) is 15.0. The van der Waals surface area contributed by atoms with Crippen LogP contribution in [0.3, 0.4) is 0 Å². The molecule has 142 valence electrons. The highest BCUT2D eigenvalue weighted by molar-refractivity contribution is 7.90. The molecule has 1 rings (SSSR count). The first-order valence-electron chi connectivity index (χ1n) is 7.64. The fourth-order valence-corrected chi connectivity index (χ4v) is 2.59. The number of anilines is 1. The fourth-order valence-electron chi connectivity index (χ4n) is 1.64. The van der Waals surface area contributed by atoms with Crippen LogP contribution in [0.25, 0.3) is 0 Å². The minimum absolute atomic E-state index is 0.0367. The van der Waals surface area contributed by atoms with E-state index in [1.165, 1.54) is 12.1 Å². The maximum absolute atomic E-state index is 12.1. The summed E-state index contributed by atoms with van der Waals surface area (Å²) < 4.78 is 30.3. The van der Waals surface area contributed by atoms with Crippen LogP contribution < -0.4 is 15.4 Å². The molecule has 0 saturated carbocycles. The number of hydrogen-bond donors (Lipinski definition) is 3. The number of carbonyl (C=O) groups excluding carboxylic acids is 4. The van der Waals surface area contributed by atoms with Crippen molar-refractivity contribution in [2.75, 3.05) is 18.5 Å². The third-order valence-electron chi connectivity index (χ3n) is 2.85. The summed E-state index contributed by atoms with van der Waals surface area (Å²) in [7, 11) is -4.26. The van der Waals surface area contributed by atoms with Crippen LogP contribution in [0.15, 0.2) is 29.2 Å². The first kappa shape index (κ1) is 21.1. The van der Waals surface area contributed by atoms with E-state index in [-0.39, 0.29) is 23.7 Å². The van der Waals surface area contributed by atoms with Crippen molar-refractivity contribution in [2.45, 2.75) is 25.2 Å². The molecule has 3 N–H and O–H groups in total. The van der Waals surface area contributed by atoms with Crippen molar-refractivity contribution in [2.24, 2.45) is 0 Å². The topological polar surface area (TPSA) is 148 Å². The van der Waals surface area contributed by atoms with E-state index >= 15 is 0 Å². The van der Waals surface area contributed by atoms with Gasteiger partial charge in [-0.15, -0.1) is 0 Å². The number of amides is 3. The van der Waals surface area contributed by atoms with Crippen LogP contribution in [0.5, 0.6) is 0 Å². The summed E-state index contributed by atoms with van der Waals surface area (Å²) >= 11 is 0. The van der Waals surface area contributed by atoms with Gasteiger partial charge in [-0.25, -0.2) is 17.9 Å². The second kappa shape index (κ2) is 9.51. The molecule has 0 atom stereocenters. The molecule has 0 heterocycles. The van der Waals surface area contributed by atoms with Gasteiger partial charge in [-0.05, 0) is 37.6 Å². The highest BCUT2D eigenvalue weighted by Crippen LogP contribution is 2.14. The number of esters is 1. The zero-order chi connectivity index (χ0) is 19.7. The molecule has 0 aromatic heterocycles. The van der Waals surface area contributed by atoms with Crippen molar-refractivity contribution in [3.05, 3.63) is 24.3 Å². The average Bonchev–Trinajstić information content (AvgIpc) is 2.59. The molecular weight excluding hydrogens is 366 g/mol. The van der Waals surface area contributed by atoms with Crippen molar-refractivity contribution in [1.29, 1.82) is 0 Å². The van der Waals surface area contributed by atoms with Crippen molar-refractivity contribution >= 4 is 39.4 Å². The fraction of sp³-hybridized carbons (Fsp3) is 0.333. The molecule has 0 aliphatic heterocycles. The minimum Gasteiger partial charge on any atom is -0.459 e. The molecule has 0 unspecified atom stereocenters. The van der Waals surface area contributed by atoms with Gasteiger partial charge in [-0.3, -0.25) is 14.4 Å². The number of carbonyl (C=O) groups is 4. The van der Waals surface area contributed by atoms with E-state index in [1.807, 2.05) is 0 Å². The Bertz CT molecular complexity index is 788. The maximum atomic E-state index is 12.1. The molecule has 0 fully saturated rings. The summed E-state index contributed by atoms with van der Waals surface area (Å²) in [5.74, 6) is -4.45. The summed E-state index contributed by atoms with van der Waals surface area (Å²) in [6, 6.07) is 4.63. The normalized spacial score (nSPS) is 10.5. The second-order valence-corrected chi connectivity index (χ2v) is 6.57. The van der Waals surface area contributed by atoms with Crippen LogP contribution in [0.4, 0.5) is 5.69 Å². The highest BCUT2D eigenvalue weighted by Gasteiger charge is 2.22. The number of nitrogens with one attached hydrogen (secondary N) is 3. The summed E-state index contributed by atoms with van der Waals surface area (Å²) in [4.78, 5) is 45.4. The maximum Gasteiger partial charge on any atom is 0.397 e. The van der Waals surface area contributed by atoms with Gasteiger partial charge in [0.15, 0.2) is 0 Å². The van der Waals surface area contributed by atoms with Gasteiger partial charge < -0.3 is 15.4 Å². The Morgan fingerprint density at radius 3 is 2.12 bits per heavy atom. The Morgan fingerprint density at radius 1 is 0.962 bits per heavy atom. The molecule has 11 heteroatoms. The molecule has 0 radical (unpaired) electrons. The first-order valence-corrected chi connectivity index (χ1v) is 9.12. The largest absolute Gasteiger partial charge is 0.459 e. The quantitative estimate of drug-likeness (QED) is 0.442. The average molecular weight is 385 g/mol. The summed E-state index contributed by atoms with van der Waals surface area (Å²) in [5.41, 5.74) is 0.147. The molecule has 0 aliphatic rings. The van der Waals surface area contributed by atoms with Crippen molar-refractivity contribution in [3.8, 4) is 0 Å². The van der Waals surface area contributed by atoms with Gasteiger partial charge in [-0.2, -0.15) is 0 Å². The predicted octanol–water partition coefficient (Wildman–Crippen LogP) is -0.481. The highest BCUT2D eigenvalue weighted by atomic mass is 32.2. The SMILES string of the molecule is CCCNC(=O)C(=O)NS(=O)(=O)c1ccc(NC(=O)C(=O)OCC)cc1. The predicted molar refractivity (Wildman–Crippen MR) is 90.3 cm³/mol. The van der Waals surface area contributed by atoms with Crippen LogP contribution in [-0.2, 0) is 33.9 Å². The smallest absolute Gasteiger partial charge is 0.397 e. The van der Waals surface area contributed by atoms with E-state index < -0.39 is 33.7 Å². The number of sulfonamides is 1. The van der Waals surface area contributed by atoms with Gasteiger partial charge in [0.2, 0.25) is 0 Å². The van der Waals surface area contributed by atoms with E-state index in [9.17, 15) is 27.6 Å². The number of hydrogen-bond acceptors (Lipinski definition) is 7. The number of rotatable bonds is 6. The molecule has 0 bridgehead atoms. The standard InChI is InChI=1S/C15H19N3O7S/c1-3-9-16-12(19)13(20)18-26(23,24)11-7-5-10(6-8-11)17-14(21)15(22)25-4-2/h5-8H,3-4,9H2,1-2H3,(H,16,19)(H,17,21)(H,18,20). The minimum atomic E-state index is -4.26. The molecule has 0 spiro atoms. The molecule has 1 aromatic rings. The van der Waals surface area contributed by atoms with Crippen LogP contribution in [-0.4, -0.2) is 45.3 Å². The van der Waals surface area contributed by atoms with Gasteiger partial charge in [0.1, 0.15) is 0 Å². The molecule has 26 heavy (non-hydrogen) atoms. The van der Waals surface area contributed by atoms with E-state index in [0.29, 0.717) is 6.42 Å². The summed E-state index contributed by atoms with van der Waals surface area (Å²) in [5, 5.41) is 4.48. The molecule has 0 saturated heterocycles. The van der Waals surface area contributed by atoms with Crippen LogP contribution in [0.1, 0.15) is 20.3 Å². The van der Waals surface area contributed by atoms with Crippen LogP contribution in [0.2, 0.25) is 0 Å². The number of ether oxygens (including phenoxy) is 1. The molecular formula is C15H19N3O7S. The van der Waals surface area contributed by atoms with Gasteiger partial charge in [0.05, 0.1) is 11.5 Å². The molecule has 10 nitrogen and oxygen atoms in total. The first-order chi connectivity index (χ1) is 12.2. The number of benzene rings is 1. The van der Waals surface area contributed by atoms with Crippen molar-refractivity contribution in [1.82, 2.24) is 10.0 Å². The van der Waals surface area contributed by atoms with Crippen molar-refractivity contribution in [3.63, 3.8) is 0 Å². The lowest BCUT2D eigenvalue weighted by Crippen LogP contribution is -2.42. The Labute approximate surface area is 150 Å². The zero-order valence-electron chi connectivity index (χ0n) is 14.2. The lowest BCUT2D eigenvalue weighted by atomic mass is 10.3. The summed E-state index contributed by atoms with van der Waals surface area (Å²) in [6.45, 7) is 3.59. The Hall–Kier alpha value is -2.95. The lowest BCUT2D eigenvalue weighted by molar-refractivity contribution is -0.152. The molecule has 0 aliphatic carbocycles. The third-order valence-corrected chi connectivity index (χ3v) is 4.20. The summed E-state index contributed by atoms with van der Waals surface area (Å²) in [6.07, 6.45) is 0.588. The second-order valence-electron chi connectivity index (χ2n) is 4.89. The van der Waals surface area contributed by atoms with E-state index in [4.69, 9.17) is 0 Å². The van der Waals surface area contributed by atoms with E-state index in [0.717, 1.165) is 12.1 Å². The Morgan fingerprint density at radius 2 is 1.58 bits per heavy atom. The van der Waals surface area contributed by atoms with E-state index in [2.05, 4.69) is 15.4 Å². The van der Waals surface area contributed by atoms with E-state index in [1.54, 1.807) is 18.6 Å². The van der Waals surface area contributed by atoms with Gasteiger partial charge in [0.25, 0.3) is 10.0 Å².